The number of carboxylic acid groups (broad SMARTS) is 1. The van der Waals surface area contributed by atoms with Crippen molar-refractivity contribution in [1.82, 2.24) is 9.38 Å². The van der Waals surface area contributed by atoms with Gasteiger partial charge < -0.3 is 9.84 Å². The Morgan fingerprint density at radius 2 is 1.84 bits per heavy atom. The molecule has 4 rings (SSSR count). The zero-order valence-electron chi connectivity index (χ0n) is 13.3. The van der Waals surface area contributed by atoms with Crippen LogP contribution < -0.4 is 4.74 Å². The van der Waals surface area contributed by atoms with Crippen molar-refractivity contribution >= 4 is 22.3 Å². The monoisotopic (exact) mass is 350 g/mol. The Kier molecular flexibility index (Phi) is 3.74. The Morgan fingerprint density at radius 3 is 2.56 bits per heavy atom. The lowest BCUT2D eigenvalue weighted by Crippen LogP contribution is -2.04. The maximum Gasteiger partial charge on any atom is 0.355 e. The van der Waals surface area contributed by atoms with Crippen LogP contribution in [-0.4, -0.2) is 27.6 Å². The van der Waals surface area contributed by atoms with Crippen molar-refractivity contribution in [1.29, 1.82) is 0 Å². The third-order valence-corrected chi connectivity index (χ3v) is 4.82. The minimum Gasteiger partial charge on any atom is -0.496 e. The third kappa shape index (κ3) is 2.47. The number of carbonyl (C=O) groups is 1. The number of carboxylic acids is 1. The number of aromatic nitrogens is 2. The molecular weight excluding hydrogens is 336 g/mol. The van der Waals surface area contributed by atoms with Gasteiger partial charge >= 0.3 is 5.97 Å². The molecule has 1 N–H and O–H groups in total. The largest absolute Gasteiger partial charge is 0.496 e. The topological polar surface area (TPSA) is 63.8 Å². The van der Waals surface area contributed by atoms with E-state index in [0.29, 0.717) is 16.4 Å². The minimum absolute atomic E-state index is 0.156. The number of benzene rings is 2. The molecule has 0 aliphatic heterocycles. The number of imidazole rings is 1. The molecule has 0 atom stereocenters. The van der Waals surface area contributed by atoms with E-state index in [1.54, 1.807) is 11.5 Å². The molecule has 0 radical (unpaired) electrons. The predicted molar refractivity (Wildman–Crippen MR) is 97.5 cm³/mol. The lowest BCUT2D eigenvalue weighted by atomic mass is 10.1. The van der Waals surface area contributed by atoms with Crippen molar-refractivity contribution in [2.24, 2.45) is 0 Å². The molecule has 4 aromatic rings. The molecule has 2 aromatic heterocycles. The average molecular weight is 350 g/mol. The van der Waals surface area contributed by atoms with Crippen molar-refractivity contribution in [3.8, 4) is 28.3 Å². The van der Waals surface area contributed by atoms with E-state index in [0.717, 1.165) is 16.8 Å². The van der Waals surface area contributed by atoms with Gasteiger partial charge in [0.15, 0.2) is 10.7 Å². The third-order valence-electron chi connectivity index (χ3n) is 4.00. The second kappa shape index (κ2) is 6.07. The van der Waals surface area contributed by atoms with Gasteiger partial charge in [-0.1, -0.05) is 42.5 Å². The van der Waals surface area contributed by atoms with Crippen LogP contribution in [0.25, 0.3) is 27.5 Å². The van der Waals surface area contributed by atoms with E-state index < -0.39 is 5.97 Å². The Hall–Kier alpha value is -3.12. The summed E-state index contributed by atoms with van der Waals surface area (Å²) < 4.78 is 7.12. The summed E-state index contributed by atoms with van der Waals surface area (Å²) in [5, 5.41) is 11.7. The van der Waals surface area contributed by atoms with Gasteiger partial charge in [-0.15, -0.1) is 11.3 Å². The molecule has 2 heterocycles. The smallest absolute Gasteiger partial charge is 0.355 e. The van der Waals surface area contributed by atoms with Crippen molar-refractivity contribution in [3.63, 3.8) is 0 Å². The Bertz CT molecular complexity index is 1070. The van der Waals surface area contributed by atoms with Gasteiger partial charge in [-0.3, -0.25) is 4.40 Å². The highest BCUT2D eigenvalue weighted by Gasteiger charge is 2.24. The van der Waals surface area contributed by atoms with Gasteiger partial charge in [0.05, 0.1) is 12.8 Å². The fraction of sp³-hybridized carbons (Fsp3) is 0.0526. The minimum atomic E-state index is -1.01. The van der Waals surface area contributed by atoms with Crippen molar-refractivity contribution in [2.75, 3.05) is 7.11 Å². The summed E-state index contributed by atoms with van der Waals surface area (Å²) in [6.45, 7) is 0. The number of hydrogen-bond donors (Lipinski definition) is 1. The SMILES string of the molecule is COc1ccccc1-c1csc2nc(-c3ccccc3)c(C(=O)O)n12. The van der Waals surface area contributed by atoms with Gasteiger partial charge in [0.25, 0.3) is 0 Å². The quantitative estimate of drug-likeness (QED) is 0.591. The van der Waals surface area contributed by atoms with E-state index in [1.807, 2.05) is 60.0 Å². The summed E-state index contributed by atoms with van der Waals surface area (Å²) in [5.41, 5.74) is 2.99. The van der Waals surface area contributed by atoms with E-state index in [-0.39, 0.29) is 5.69 Å². The van der Waals surface area contributed by atoms with Crippen LogP contribution in [0.15, 0.2) is 60.0 Å². The van der Waals surface area contributed by atoms with Gasteiger partial charge in [0, 0.05) is 16.5 Å². The lowest BCUT2D eigenvalue weighted by molar-refractivity contribution is 0.0690. The molecule has 25 heavy (non-hydrogen) atoms. The van der Waals surface area contributed by atoms with Crippen LogP contribution in [0.3, 0.4) is 0 Å². The Morgan fingerprint density at radius 1 is 1.12 bits per heavy atom. The number of nitrogens with zero attached hydrogens (tertiary/aromatic N) is 2. The average Bonchev–Trinajstić information content (AvgIpc) is 3.21. The van der Waals surface area contributed by atoms with Crippen molar-refractivity contribution < 1.29 is 14.6 Å². The summed E-state index contributed by atoms with van der Waals surface area (Å²) in [6, 6.07) is 16.9. The standard InChI is InChI=1S/C19H14N2O3S/c1-24-15-10-6-5-9-13(15)14-11-25-19-20-16(12-7-3-2-4-8-12)17(18(22)23)21(14)19/h2-11H,1H3,(H,22,23). The number of para-hydroxylation sites is 1. The van der Waals surface area contributed by atoms with Crippen LogP contribution in [0.5, 0.6) is 5.75 Å². The predicted octanol–water partition coefficient (Wildman–Crippen LogP) is 4.44. The van der Waals surface area contributed by atoms with Gasteiger partial charge in [-0.05, 0) is 12.1 Å². The zero-order chi connectivity index (χ0) is 17.4. The lowest BCUT2D eigenvalue weighted by Gasteiger charge is -2.08. The number of thiazole rings is 1. The molecule has 0 unspecified atom stereocenters. The molecule has 0 fully saturated rings. The van der Waals surface area contributed by atoms with E-state index in [2.05, 4.69) is 4.98 Å². The maximum atomic E-state index is 12.0. The van der Waals surface area contributed by atoms with E-state index in [1.165, 1.54) is 11.3 Å². The van der Waals surface area contributed by atoms with Gasteiger partial charge in [0.1, 0.15) is 11.4 Å². The fourth-order valence-corrected chi connectivity index (χ4v) is 3.79. The molecule has 0 spiro atoms. The van der Waals surface area contributed by atoms with Gasteiger partial charge in [0.2, 0.25) is 0 Å². The normalized spacial score (nSPS) is 10.9. The molecule has 2 aromatic carbocycles. The molecule has 0 saturated carbocycles. The summed E-state index contributed by atoms with van der Waals surface area (Å²) in [4.78, 5) is 17.2. The fourth-order valence-electron chi connectivity index (χ4n) is 2.90. The van der Waals surface area contributed by atoms with Gasteiger partial charge in [-0.25, -0.2) is 9.78 Å². The molecule has 0 aliphatic carbocycles. The number of fused-ring (bicyclic) bond motifs is 1. The van der Waals surface area contributed by atoms with E-state index >= 15 is 0 Å². The number of ether oxygens (including phenoxy) is 1. The second-order valence-electron chi connectivity index (χ2n) is 5.42. The molecule has 0 aliphatic rings. The van der Waals surface area contributed by atoms with Crippen molar-refractivity contribution in [3.05, 3.63) is 65.7 Å². The molecule has 124 valence electrons. The molecule has 5 nitrogen and oxygen atoms in total. The van der Waals surface area contributed by atoms with Crippen LogP contribution in [0, 0.1) is 0 Å². The van der Waals surface area contributed by atoms with Crippen LogP contribution in [0.4, 0.5) is 0 Å². The zero-order valence-corrected chi connectivity index (χ0v) is 14.2. The first-order valence-electron chi connectivity index (χ1n) is 7.62. The molecule has 0 bridgehead atoms. The first kappa shape index (κ1) is 15.4. The highest BCUT2D eigenvalue weighted by molar-refractivity contribution is 7.15. The number of hydrogen-bond acceptors (Lipinski definition) is 4. The number of rotatable bonds is 4. The first-order valence-corrected chi connectivity index (χ1v) is 8.50. The van der Waals surface area contributed by atoms with E-state index in [9.17, 15) is 9.90 Å². The molecule has 0 saturated heterocycles. The van der Waals surface area contributed by atoms with Gasteiger partial charge in [-0.2, -0.15) is 0 Å². The highest BCUT2D eigenvalue weighted by Crippen LogP contribution is 2.36. The summed E-state index contributed by atoms with van der Waals surface area (Å²) in [7, 11) is 1.60. The summed E-state index contributed by atoms with van der Waals surface area (Å²) >= 11 is 1.41. The molecule has 0 amide bonds. The Balaban J connectivity index is 2.03. The maximum absolute atomic E-state index is 12.0. The van der Waals surface area contributed by atoms with Crippen LogP contribution >= 0.6 is 11.3 Å². The van der Waals surface area contributed by atoms with Crippen LogP contribution in [0.2, 0.25) is 0 Å². The number of methoxy groups -OCH3 is 1. The highest BCUT2D eigenvalue weighted by atomic mass is 32.1. The Labute approximate surface area is 147 Å². The number of aromatic carboxylic acids is 1. The van der Waals surface area contributed by atoms with Crippen LogP contribution in [-0.2, 0) is 0 Å². The van der Waals surface area contributed by atoms with Crippen LogP contribution in [0.1, 0.15) is 10.5 Å². The first-order chi connectivity index (χ1) is 12.2. The molecular formula is C19H14N2O3S. The summed E-state index contributed by atoms with van der Waals surface area (Å²) in [6.07, 6.45) is 0. The van der Waals surface area contributed by atoms with Crippen molar-refractivity contribution in [2.45, 2.75) is 0 Å². The van der Waals surface area contributed by atoms with E-state index in [4.69, 9.17) is 4.74 Å². The summed E-state index contributed by atoms with van der Waals surface area (Å²) in [5.74, 6) is -0.325. The molecule has 6 heteroatoms. The second-order valence-corrected chi connectivity index (χ2v) is 6.26.